The van der Waals surface area contributed by atoms with Crippen molar-refractivity contribution in [2.24, 2.45) is 0 Å². The summed E-state index contributed by atoms with van der Waals surface area (Å²) in [5.74, 6) is -0.147. The summed E-state index contributed by atoms with van der Waals surface area (Å²) in [6, 6.07) is 17.0. The Morgan fingerprint density at radius 3 is 2.62 bits per heavy atom. The molecule has 1 aromatic heterocycles. The molecule has 3 aromatic rings. The first-order valence-electron chi connectivity index (χ1n) is 14.1. The van der Waals surface area contributed by atoms with Gasteiger partial charge in [0.15, 0.2) is 0 Å². The Labute approximate surface area is 235 Å². The summed E-state index contributed by atoms with van der Waals surface area (Å²) < 4.78 is 5.55. The molecule has 2 saturated heterocycles. The SMILES string of the molecule is CC(C)(C)OC(=O)N[C@H](CN[C@@H]1CCCN2C(=O)N(Cc3ccccc3)C(=O)C[C@@H]12)Cc1c[nH]c2ccccc12. The third-order valence-corrected chi connectivity index (χ3v) is 7.61. The number of aromatic amines is 1. The second-order valence-electron chi connectivity index (χ2n) is 11.8. The molecule has 9 nitrogen and oxygen atoms in total. The van der Waals surface area contributed by atoms with Crippen molar-refractivity contribution in [2.75, 3.05) is 13.1 Å². The van der Waals surface area contributed by atoms with Crippen LogP contribution in [0.1, 0.15) is 51.2 Å². The number of nitrogens with one attached hydrogen (secondary N) is 3. The van der Waals surface area contributed by atoms with Crippen LogP contribution in [0.3, 0.4) is 0 Å². The highest BCUT2D eigenvalue weighted by atomic mass is 16.6. The highest BCUT2D eigenvalue weighted by molar-refractivity contribution is 5.97. The standard InChI is InChI=1S/C31H39N5O4/c1-31(2,3)40-29(38)34-23(16-22-18-32-25-13-8-7-12-24(22)25)19-33-26-14-9-15-35-27(26)17-28(37)36(30(35)39)20-21-10-5-4-6-11-21/h4-8,10-13,18,23,26-27,32-33H,9,14-17,19-20H2,1-3H3,(H,34,38)/t23-,26+,27-/m0/s1. The average molecular weight is 546 g/mol. The van der Waals surface area contributed by atoms with E-state index in [0.29, 0.717) is 19.5 Å². The number of H-pyrrole nitrogens is 1. The van der Waals surface area contributed by atoms with Gasteiger partial charge in [-0.1, -0.05) is 48.5 Å². The van der Waals surface area contributed by atoms with Gasteiger partial charge in [-0.2, -0.15) is 0 Å². The second kappa shape index (κ2) is 11.7. The number of amides is 4. The molecule has 3 heterocycles. The molecule has 0 aliphatic carbocycles. The van der Waals surface area contributed by atoms with Crippen LogP contribution in [-0.4, -0.2) is 69.6 Å². The van der Waals surface area contributed by atoms with Gasteiger partial charge < -0.3 is 25.3 Å². The van der Waals surface area contributed by atoms with E-state index in [0.717, 1.165) is 34.9 Å². The lowest BCUT2D eigenvalue weighted by atomic mass is 9.91. The molecule has 2 aliphatic rings. The first kappa shape index (κ1) is 27.7. The Morgan fingerprint density at radius 2 is 1.85 bits per heavy atom. The molecule has 0 unspecified atom stereocenters. The fourth-order valence-corrected chi connectivity index (χ4v) is 5.77. The van der Waals surface area contributed by atoms with E-state index in [9.17, 15) is 14.4 Å². The Hall–Kier alpha value is -3.85. The van der Waals surface area contributed by atoms with E-state index in [1.807, 2.05) is 80.4 Å². The van der Waals surface area contributed by atoms with Crippen LogP contribution in [0.25, 0.3) is 10.9 Å². The number of benzene rings is 2. The number of imide groups is 1. The second-order valence-corrected chi connectivity index (χ2v) is 11.8. The minimum Gasteiger partial charge on any atom is -0.444 e. The number of hydrogen-bond acceptors (Lipinski definition) is 5. The summed E-state index contributed by atoms with van der Waals surface area (Å²) in [5.41, 5.74) is 2.47. The molecule has 2 aromatic carbocycles. The van der Waals surface area contributed by atoms with Crippen LogP contribution in [0.15, 0.2) is 60.8 Å². The topological polar surface area (TPSA) is 107 Å². The molecular formula is C31H39N5O4. The normalized spacial score (nSPS) is 20.4. The molecule has 5 rings (SSSR count). The quantitative estimate of drug-likeness (QED) is 0.384. The van der Waals surface area contributed by atoms with Crippen molar-refractivity contribution in [2.45, 2.75) is 76.7 Å². The number of rotatable bonds is 8. The van der Waals surface area contributed by atoms with Gasteiger partial charge in [0.2, 0.25) is 5.91 Å². The van der Waals surface area contributed by atoms with Crippen molar-refractivity contribution in [3.63, 3.8) is 0 Å². The van der Waals surface area contributed by atoms with E-state index in [2.05, 4.69) is 21.7 Å². The first-order valence-corrected chi connectivity index (χ1v) is 14.1. The monoisotopic (exact) mass is 545 g/mol. The molecule has 3 N–H and O–H groups in total. The van der Waals surface area contributed by atoms with Gasteiger partial charge in [-0.25, -0.2) is 9.59 Å². The van der Waals surface area contributed by atoms with Crippen molar-refractivity contribution in [3.8, 4) is 0 Å². The lowest BCUT2D eigenvalue weighted by Gasteiger charge is -2.47. The fourth-order valence-electron chi connectivity index (χ4n) is 5.77. The zero-order chi connectivity index (χ0) is 28.3. The predicted octanol–water partition coefficient (Wildman–Crippen LogP) is 4.58. The molecule has 0 spiro atoms. The third-order valence-electron chi connectivity index (χ3n) is 7.61. The first-order chi connectivity index (χ1) is 19.2. The maximum Gasteiger partial charge on any atom is 0.407 e. The average Bonchev–Trinajstić information content (AvgIpc) is 3.32. The third kappa shape index (κ3) is 6.47. The number of para-hydroxylation sites is 1. The van der Waals surface area contributed by atoms with Gasteiger partial charge in [0.1, 0.15) is 5.60 Å². The van der Waals surface area contributed by atoms with Gasteiger partial charge in [0.25, 0.3) is 0 Å². The van der Waals surface area contributed by atoms with Crippen molar-refractivity contribution in [3.05, 3.63) is 71.9 Å². The summed E-state index contributed by atoms with van der Waals surface area (Å²) in [6.07, 6.45) is 4.09. The van der Waals surface area contributed by atoms with Gasteiger partial charge >= 0.3 is 12.1 Å². The minimum absolute atomic E-state index is 0.0496. The lowest BCUT2D eigenvalue weighted by molar-refractivity contribution is -0.134. The number of aromatic nitrogens is 1. The number of urea groups is 1. The van der Waals surface area contributed by atoms with E-state index in [1.165, 1.54) is 4.90 Å². The zero-order valence-electron chi connectivity index (χ0n) is 23.5. The molecule has 4 amide bonds. The smallest absolute Gasteiger partial charge is 0.407 e. The van der Waals surface area contributed by atoms with Gasteiger partial charge in [-0.15, -0.1) is 0 Å². The number of carbonyl (C=O) groups is 3. The van der Waals surface area contributed by atoms with Crippen molar-refractivity contribution >= 4 is 28.9 Å². The van der Waals surface area contributed by atoms with Crippen LogP contribution < -0.4 is 10.6 Å². The van der Waals surface area contributed by atoms with Gasteiger partial charge in [-0.3, -0.25) is 9.69 Å². The summed E-state index contributed by atoms with van der Waals surface area (Å²) in [7, 11) is 0. The predicted molar refractivity (Wildman–Crippen MR) is 154 cm³/mol. The van der Waals surface area contributed by atoms with E-state index < -0.39 is 11.7 Å². The van der Waals surface area contributed by atoms with Crippen LogP contribution >= 0.6 is 0 Å². The Bertz CT molecular complexity index is 1350. The number of piperidine rings is 1. The molecule has 2 fully saturated rings. The van der Waals surface area contributed by atoms with Gasteiger partial charge in [0.05, 0.1) is 12.6 Å². The van der Waals surface area contributed by atoms with Crippen LogP contribution in [0.2, 0.25) is 0 Å². The Kier molecular flexibility index (Phi) is 8.12. The van der Waals surface area contributed by atoms with E-state index >= 15 is 0 Å². The molecule has 40 heavy (non-hydrogen) atoms. The van der Waals surface area contributed by atoms with Crippen LogP contribution in [0, 0.1) is 0 Å². The largest absolute Gasteiger partial charge is 0.444 e. The van der Waals surface area contributed by atoms with Crippen LogP contribution in [-0.2, 0) is 22.5 Å². The number of fused-ring (bicyclic) bond motifs is 2. The zero-order valence-corrected chi connectivity index (χ0v) is 23.5. The van der Waals surface area contributed by atoms with E-state index in [-0.39, 0.29) is 43.0 Å². The number of nitrogens with zero attached hydrogens (tertiary/aromatic N) is 2. The number of hydrogen-bond donors (Lipinski definition) is 3. The van der Waals surface area contributed by atoms with E-state index in [4.69, 9.17) is 4.74 Å². The summed E-state index contributed by atoms with van der Waals surface area (Å²) in [6.45, 7) is 6.92. The summed E-state index contributed by atoms with van der Waals surface area (Å²) in [4.78, 5) is 45.8. The molecule has 2 aliphatic heterocycles. The molecule has 212 valence electrons. The number of alkyl carbamates (subject to hydrolysis) is 1. The molecule has 0 bridgehead atoms. The maximum absolute atomic E-state index is 13.4. The van der Waals surface area contributed by atoms with Crippen molar-refractivity contribution in [1.82, 2.24) is 25.4 Å². The van der Waals surface area contributed by atoms with Crippen LogP contribution in [0.5, 0.6) is 0 Å². The number of ether oxygens (including phenoxy) is 1. The highest BCUT2D eigenvalue weighted by Crippen LogP contribution is 2.28. The Balaban J connectivity index is 1.28. The molecular weight excluding hydrogens is 506 g/mol. The number of carbonyl (C=O) groups excluding carboxylic acids is 3. The highest BCUT2D eigenvalue weighted by Gasteiger charge is 2.44. The maximum atomic E-state index is 13.4. The lowest BCUT2D eigenvalue weighted by Crippen LogP contribution is -2.65. The van der Waals surface area contributed by atoms with E-state index in [1.54, 1.807) is 0 Å². The summed E-state index contributed by atoms with van der Waals surface area (Å²) >= 11 is 0. The van der Waals surface area contributed by atoms with Crippen molar-refractivity contribution < 1.29 is 19.1 Å². The minimum atomic E-state index is -0.610. The fraction of sp³-hybridized carbons (Fsp3) is 0.452. The molecule has 0 saturated carbocycles. The summed E-state index contributed by atoms with van der Waals surface area (Å²) in [5, 5.41) is 7.77. The van der Waals surface area contributed by atoms with Crippen molar-refractivity contribution in [1.29, 1.82) is 0 Å². The molecule has 3 atom stereocenters. The van der Waals surface area contributed by atoms with Gasteiger partial charge in [0, 0.05) is 48.7 Å². The molecule has 9 heteroatoms. The van der Waals surface area contributed by atoms with Crippen LogP contribution in [0.4, 0.5) is 9.59 Å². The molecule has 0 radical (unpaired) electrons. The Morgan fingerprint density at radius 1 is 1.10 bits per heavy atom. The van der Waals surface area contributed by atoms with Gasteiger partial charge in [-0.05, 0) is 57.2 Å².